The van der Waals surface area contributed by atoms with Crippen LogP contribution in [-0.4, -0.2) is 50.7 Å². The summed E-state index contributed by atoms with van der Waals surface area (Å²) < 4.78 is 2.24. The molecule has 1 atom stereocenters. The van der Waals surface area contributed by atoms with Gasteiger partial charge < -0.3 is 9.88 Å². The van der Waals surface area contributed by atoms with Crippen LogP contribution in [0.25, 0.3) is 10.9 Å². The van der Waals surface area contributed by atoms with E-state index in [4.69, 9.17) is 0 Å². The lowest BCUT2D eigenvalue weighted by Gasteiger charge is -2.31. The average molecular weight is 364 g/mol. The molecule has 1 unspecified atom stereocenters. The van der Waals surface area contributed by atoms with Crippen LogP contribution in [0.1, 0.15) is 30.5 Å². The number of aromatic nitrogens is 3. The van der Waals surface area contributed by atoms with Crippen molar-refractivity contribution in [1.29, 1.82) is 0 Å². The number of rotatable bonds is 4. The average Bonchev–Trinajstić information content (AvgIpc) is 3.30. The Balaban J connectivity index is 1.37. The van der Waals surface area contributed by atoms with Gasteiger partial charge in [-0.2, -0.15) is 5.10 Å². The van der Waals surface area contributed by atoms with Crippen molar-refractivity contribution in [2.45, 2.75) is 38.9 Å². The van der Waals surface area contributed by atoms with Gasteiger partial charge in [0.05, 0.1) is 5.69 Å². The highest BCUT2D eigenvalue weighted by atomic mass is 15.3. The minimum absolute atomic E-state index is 0.634. The van der Waals surface area contributed by atoms with Crippen molar-refractivity contribution in [3.8, 4) is 0 Å². The lowest BCUT2D eigenvalue weighted by molar-refractivity contribution is 0.150. The van der Waals surface area contributed by atoms with Gasteiger partial charge in [-0.3, -0.25) is 9.58 Å². The lowest BCUT2D eigenvalue weighted by atomic mass is 10.0. The van der Waals surface area contributed by atoms with Gasteiger partial charge in [0.25, 0.3) is 0 Å². The summed E-state index contributed by atoms with van der Waals surface area (Å²) in [7, 11) is 0. The summed E-state index contributed by atoms with van der Waals surface area (Å²) in [5.41, 5.74) is 3.99. The summed E-state index contributed by atoms with van der Waals surface area (Å²) in [5.74, 6) is 0.634. The Morgan fingerprint density at radius 1 is 1.00 bits per heavy atom. The molecular formula is C22H29N5. The molecular weight excluding hydrogens is 334 g/mol. The highest BCUT2D eigenvalue weighted by Crippen LogP contribution is 2.23. The van der Waals surface area contributed by atoms with E-state index in [2.05, 4.69) is 54.9 Å². The first-order chi connectivity index (χ1) is 13.3. The zero-order valence-electron chi connectivity index (χ0n) is 16.0. The zero-order chi connectivity index (χ0) is 18.1. The number of aromatic amines is 1. The van der Waals surface area contributed by atoms with E-state index < -0.39 is 0 Å². The van der Waals surface area contributed by atoms with Crippen molar-refractivity contribution >= 4 is 10.9 Å². The summed E-state index contributed by atoms with van der Waals surface area (Å²) in [6.45, 7) is 7.90. The minimum Gasteiger partial charge on any atom is -0.361 e. The predicted octanol–water partition coefficient (Wildman–Crippen LogP) is 3.48. The topological polar surface area (TPSA) is 40.1 Å². The minimum atomic E-state index is 0.634. The predicted molar refractivity (Wildman–Crippen MR) is 108 cm³/mol. The third-order valence-electron chi connectivity index (χ3n) is 6.18. The number of H-pyrrole nitrogens is 1. The molecule has 2 aliphatic rings. The van der Waals surface area contributed by atoms with Crippen LogP contribution in [0.5, 0.6) is 0 Å². The molecule has 4 heterocycles. The summed E-state index contributed by atoms with van der Waals surface area (Å²) in [6, 6.07) is 11.0. The van der Waals surface area contributed by atoms with Crippen molar-refractivity contribution in [3.63, 3.8) is 0 Å². The van der Waals surface area contributed by atoms with E-state index >= 15 is 0 Å². The van der Waals surface area contributed by atoms with Gasteiger partial charge in [0.2, 0.25) is 0 Å². The van der Waals surface area contributed by atoms with Gasteiger partial charge in [-0.15, -0.1) is 0 Å². The van der Waals surface area contributed by atoms with E-state index in [-0.39, 0.29) is 0 Å². The molecule has 0 radical (unpaired) electrons. The normalized spacial score (nSPS) is 22.0. The van der Waals surface area contributed by atoms with Crippen LogP contribution in [0.3, 0.4) is 0 Å². The van der Waals surface area contributed by atoms with Gasteiger partial charge in [0.1, 0.15) is 0 Å². The molecule has 0 saturated carbocycles. The highest BCUT2D eigenvalue weighted by molar-refractivity contribution is 5.82. The molecule has 1 N–H and O–H groups in total. The maximum absolute atomic E-state index is 4.61. The lowest BCUT2D eigenvalue weighted by Crippen LogP contribution is -2.39. The van der Waals surface area contributed by atoms with Gasteiger partial charge >= 0.3 is 0 Å². The standard InChI is InChI=1S/C22H29N5/c1-2-11-25(12-3-1)13-18-14-26(17-20-7-10-24-27(20)15-18)16-19-5-4-6-22-21(19)8-9-23-22/h4-10,18,23H,1-3,11-17H2. The fourth-order valence-corrected chi connectivity index (χ4v) is 4.89. The molecule has 5 heteroatoms. The SMILES string of the molecule is c1cc(CN2Cc3ccnn3CC(CN3CCCCC3)C2)c2cc[nH]c2c1. The molecule has 1 aromatic carbocycles. The molecule has 1 fully saturated rings. The number of likely N-dealkylation sites (tertiary alicyclic amines) is 1. The summed E-state index contributed by atoms with van der Waals surface area (Å²) in [5, 5.41) is 5.96. The third kappa shape index (κ3) is 3.66. The smallest absolute Gasteiger partial charge is 0.0524 e. The van der Waals surface area contributed by atoms with Crippen molar-refractivity contribution in [1.82, 2.24) is 24.6 Å². The zero-order valence-corrected chi connectivity index (χ0v) is 16.0. The number of nitrogens with zero attached hydrogens (tertiary/aromatic N) is 4. The molecule has 27 heavy (non-hydrogen) atoms. The Morgan fingerprint density at radius 2 is 1.93 bits per heavy atom. The molecule has 5 rings (SSSR count). The van der Waals surface area contributed by atoms with Crippen molar-refractivity contribution in [2.24, 2.45) is 5.92 Å². The van der Waals surface area contributed by atoms with E-state index in [0.29, 0.717) is 5.92 Å². The maximum Gasteiger partial charge on any atom is 0.0524 e. The number of nitrogens with one attached hydrogen (secondary N) is 1. The fourth-order valence-electron chi connectivity index (χ4n) is 4.89. The number of piperidine rings is 1. The maximum atomic E-state index is 4.61. The second-order valence-electron chi connectivity index (χ2n) is 8.26. The Morgan fingerprint density at radius 3 is 2.85 bits per heavy atom. The van der Waals surface area contributed by atoms with Gasteiger partial charge in [-0.05, 0) is 49.7 Å². The van der Waals surface area contributed by atoms with E-state index in [9.17, 15) is 0 Å². The first-order valence-electron chi connectivity index (χ1n) is 10.4. The van der Waals surface area contributed by atoms with Crippen LogP contribution in [0.15, 0.2) is 42.7 Å². The second-order valence-corrected chi connectivity index (χ2v) is 8.26. The van der Waals surface area contributed by atoms with Crippen LogP contribution < -0.4 is 0 Å². The molecule has 2 aliphatic heterocycles. The molecule has 0 aliphatic carbocycles. The van der Waals surface area contributed by atoms with Gasteiger partial charge in [0, 0.05) is 61.9 Å². The molecule has 3 aromatic rings. The molecule has 0 amide bonds. The van der Waals surface area contributed by atoms with Crippen molar-refractivity contribution < 1.29 is 0 Å². The Bertz CT molecular complexity index is 889. The third-order valence-corrected chi connectivity index (χ3v) is 6.18. The molecule has 0 spiro atoms. The number of hydrogen-bond donors (Lipinski definition) is 1. The first kappa shape index (κ1) is 17.0. The number of fused-ring (bicyclic) bond motifs is 2. The first-order valence-corrected chi connectivity index (χ1v) is 10.4. The quantitative estimate of drug-likeness (QED) is 0.771. The molecule has 5 nitrogen and oxygen atoms in total. The Hall–Kier alpha value is -2.11. The van der Waals surface area contributed by atoms with E-state index in [0.717, 1.165) is 26.2 Å². The largest absolute Gasteiger partial charge is 0.361 e. The summed E-state index contributed by atoms with van der Waals surface area (Å²) >= 11 is 0. The molecule has 1 saturated heterocycles. The van der Waals surface area contributed by atoms with Gasteiger partial charge in [-0.25, -0.2) is 0 Å². The second kappa shape index (κ2) is 7.49. The summed E-state index contributed by atoms with van der Waals surface area (Å²) in [6.07, 6.45) is 8.13. The van der Waals surface area contributed by atoms with E-state index in [1.54, 1.807) is 0 Å². The van der Waals surface area contributed by atoms with Crippen LogP contribution >= 0.6 is 0 Å². The van der Waals surface area contributed by atoms with Gasteiger partial charge in [0.15, 0.2) is 0 Å². The molecule has 142 valence electrons. The van der Waals surface area contributed by atoms with Crippen LogP contribution in [0.2, 0.25) is 0 Å². The summed E-state index contributed by atoms with van der Waals surface area (Å²) in [4.78, 5) is 8.64. The van der Waals surface area contributed by atoms with Crippen LogP contribution in [-0.2, 0) is 19.6 Å². The Labute approximate surface area is 161 Å². The van der Waals surface area contributed by atoms with E-state index in [1.807, 2.05) is 12.4 Å². The van der Waals surface area contributed by atoms with Crippen LogP contribution in [0.4, 0.5) is 0 Å². The van der Waals surface area contributed by atoms with Crippen LogP contribution in [0, 0.1) is 5.92 Å². The molecule has 2 aromatic heterocycles. The van der Waals surface area contributed by atoms with Crippen molar-refractivity contribution in [3.05, 3.63) is 54.0 Å². The molecule has 0 bridgehead atoms. The number of hydrogen-bond acceptors (Lipinski definition) is 3. The monoisotopic (exact) mass is 363 g/mol. The van der Waals surface area contributed by atoms with E-state index in [1.165, 1.54) is 61.1 Å². The Kier molecular flexibility index (Phi) is 4.72. The van der Waals surface area contributed by atoms with Gasteiger partial charge in [-0.1, -0.05) is 18.6 Å². The highest BCUT2D eigenvalue weighted by Gasteiger charge is 2.25. The van der Waals surface area contributed by atoms with Crippen molar-refractivity contribution in [2.75, 3.05) is 26.2 Å². The fraction of sp³-hybridized carbons (Fsp3) is 0.500. The number of benzene rings is 1.